The van der Waals surface area contributed by atoms with Gasteiger partial charge in [-0.3, -0.25) is 4.79 Å². The molecule has 0 aliphatic carbocycles. The number of aryl methyl sites for hydroxylation is 2. The molecule has 2 N–H and O–H groups in total. The minimum atomic E-state index is -4.56. The lowest BCUT2D eigenvalue weighted by molar-refractivity contribution is -0.213. The molecule has 0 aromatic heterocycles. The van der Waals surface area contributed by atoms with E-state index >= 15 is 0 Å². The Kier molecular flexibility index (Phi) is 3.77. The van der Waals surface area contributed by atoms with E-state index in [-0.39, 0.29) is 19.5 Å². The number of carbonyl (C=O) groups is 1. The Labute approximate surface area is 115 Å². The molecular weight excluding hydrogens is 269 g/mol. The van der Waals surface area contributed by atoms with Gasteiger partial charge in [0.2, 0.25) is 5.91 Å². The Balaban J connectivity index is 2.26. The maximum Gasteiger partial charge on any atom is 0.404 e. The second-order valence-corrected chi connectivity index (χ2v) is 5.34. The van der Waals surface area contributed by atoms with Gasteiger partial charge >= 0.3 is 6.18 Å². The molecule has 110 valence electrons. The third-order valence-corrected chi connectivity index (χ3v) is 3.61. The molecule has 0 radical (unpaired) electrons. The Bertz CT molecular complexity index is 499. The number of hydrogen-bond acceptors (Lipinski definition) is 2. The maximum absolute atomic E-state index is 13.2. The molecule has 6 heteroatoms. The van der Waals surface area contributed by atoms with Crippen molar-refractivity contribution >= 4 is 11.6 Å². The van der Waals surface area contributed by atoms with Gasteiger partial charge in [0.15, 0.2) is 5.41 Å². The molecule has 20 heavy (non-hydrogen) atoms. The van der Waals surface area contributed by atoms with E-state index < -0.39 is 17.5 Å². The highest BCUT2D eigenvalue weighted by atomic mass is 19.4. The van der Waals surface area contributed by atoms with Crippen LogP contribution in [0.15, 0.2) is 18.2 Å². The average Bonchev–Trinajstić information content (AvgIpc) is 2.76. The van der Waals surface area contributed by atoms with Crippen molar-refractivity contribution in [3.8, 4) is 0 Å². The largest absolute Gasteiger partial charge is 0.404 e. The Morgan fingerprint density at radius 3 is 2.30 bits per heavy atom. The zero-order valence-electron chi connectivity index (χ0n) is 11.4. The van der Waals surface area contributed by atoms with Gasteiger partial charge in [-0.15, -0.1) is 0 Å². The standard InChI is InChI=1S/C14H17F3N2O/c1-9-5-10(2)7-11(6-9)19-12(20)13(14(15,16)17)3-4-18-8-13/h5-7,18H,3-4,8H2,1-2H3,(H,19,20). The summed E-state index contributed by atoms with van der Waals surface area (Å²) in [7, 11) is 0. The number of benzene rings is 1. The van der Waals surface area contributed by atoms with Crippen LogP contribution in [-0.4, -0.2) is 25.2 Å². The van der Waals surface area contributed by atoms with Crippen molar-refractivity contribution in [2.75, 3.05) is 18.4 Å². The van der Waals surface area contributed by atoms with Crippen molar-refractivity contribution in [2.24, 2.45) is 5.41 Å². The number of alkyl halides is 3. The van der Waals surface area contributed by atoms with Crippen molar-refractivity contribution in [1.82, 2.24) is 5.32 Å². The molecule has 1 amide bonds. The molecular formula is C14H17F3N2O. The summed E-state index contributed by atoms with van der Waals surface area (Å²) in [5.41, 5.74) is -0.134. The zero-order chi connectivity index (χ0) is 15.0. The van der Waals surface area contributed by atoms with E-state index in [2.05, 4.69) is 10.6 Å². The van der Waals surface area contributed by atoms with E-state index in [1.165, 1.54) is 0 Å². The molecule has 3 nitrogen and oxygen atoms in total. The first-order chi connectivity index (χ1) is 9.24. The van der Waals surface area contributed by atoms with E-state index in [1.807, 2.05) is 19.9 Å². The lowest BCUT2D eigenvalue weighted by atomic mass is 9.85. The quantitative estimate of drug-likeness (QED) is 0.877. The summed E-state index contributed by atoms with van der Waals surface area (Å²) in [6.07, 6.45) is -4.79. The first-order valence-electron chi connectivity index (χ1n) is 6.42. The van der Waals surface area contributed by atoms with Crippen LogP contribution in [-0.2, 0) is 4.79 Å². The summed E-state index contributed by atoms with van der Waals surface area (Å²) in [5, 5.41) is 5.04. The Morgan fingerprint density at radius 2 is 1.85 bits per heavy atom. The van der Waals surface area contributed by atoms with Gasteiger partial charge in [0, 0.05) is 12.2 Å². The molecule has 1 fully saturated rings. The predicted molar refractivity (Wildman–Crippen MR) is 70.5 cm³/mol. The zero-order valence-corrected chi connectivity index (χ0v) is 11.4. The molecule has 1 heterocycles. The third kappa shape index (κ3) is 2.65. The van der Waals surface area contributed by atoms with Gasteiger partial charge in [-0.05, 0) is 50.1 Å². The topological polar surface area (TPSA) is 41.1 Å². The minimum absolute atomic E-state index is 0.194. The Hall–Kier alpha value is -1.56. The van der Waals surface area contributed by atoms with Crippen molar-refractivity contribution in [1.29, 1.82) is 0 Å². The second kappa shape index (κ2) is 5.09. The number of amides is 1. The fourth-order valence-electron chi connectivity index (χ4n) is 2.55. The lowest BCUT2D eigenvalue weighted by Crippen LogP contribution is -2.49. The fourth-order valence-corrected chi connectivity index (χ4v) is 2.55. The summed E-state index contributed by atoms with van der Waals surface area (Å²) in [4.78, 5) is 12.1. The van der Waals surface area contributed by atoms with Crippen LogP contribution in [0.2, 0.25) is 0 Å². The molecule has 0 saturated carbocycles. The van der Waals surface area contributed by atoms with Crippen molar-refractivity contribution < 1.29 is 18.0 Å². The van der Waals surface area contributed by atoms with Crippen LogP contribution in [0.1, 0.15) is 17.5 Å². The van der Waals surface area contributed by atoms with Crippen LogP contribution in [0.5, 0.6) is 0 Å². The van der Waals surface area contributed by atoms with Gasteiger partial charge in [-0.25, -0.2) is 0 Å². The van der Waals surface area contributed by atoms with Crippen LogP contribution >= 0.6 is 0 Å². The highest BCUT2D eigenvalue weighted by Crippen LogP contribution is 2.43. The third-order valence-electron chi connectivity index (χ3n) is 3.61. The molecule has 0 spiro atoms. The summed E-state index contributed by atoms with van der Waals surface area (Å²) in [6, 6.07) is 5.22. The number of nitrogens with one attached hydrogen (secondary N) is 2. The van der Waals surface area contributed by atoms with Crippen LogP contribution < -0.4 is 10.6 Å². The second-order valence-electron chi connectivity index (χ2n) is 5.34. The van der Waals surface area contributed by atoms with Gasteiger partial charge in [0.1, 0.15) is 0 Å². The maximum atomic E-state index is 13.2. The van der Waals surface area contributed by atoms with E-state index in [0.717, 1.165) is 11.1 Å². The monoisotopic (exact) mass is 286 g/mol. The highest BCUT2D eigenvalue weighted by Gasteiger charge is 2.61. The fraction of sp³-hybridized carbons (Fsp3) is 0.500. The number of rotatable bonds is 2. The van der Waals surface area contributed by atoms with Crippen LogP contribution in [0.3, 0.4) is 0 Å². The summed E-state index contributed by atoms with van der Waals surface area (Å²) in [5.74, 6) is -0.986. The molecule has 1 aliphatic rings. The molecule has 1 aliphatic heterocycles. The molecule has 1 aromatic carbocycles. The van der Waals surface area contributed by atoms with Gasteiger partial charge in [-0.1, -0.05) is 6.07 Å². The molecule has 2 rings (SSSR count). The summed E-state index contributed by atoms with van der Waals surface area (Å²) in [6.45, 7) is 3.49. The Morgan fingerprint density at radius 1 is 1.25 bits per heavy atom. The van der Waals surface area contributed by atoms with Gasteiger partial charge in [0.05, 0.1) is 0 Å². The van der Waals surface area contributed by atoms with Crippen LogP contribution in [0, 0.1) is 19.3 Å². The average molecular weight is 286 g/mol. The lowest BCUT2D eigenvalue weighted by Gasteiger charge is -2.29. The number of halogens is 3. The first-order valence-corrected chi connectivity index (χ1v) is 6.42. The SMILES string of the molecule is Cc1cc(C)cc(NC(=O)C2(C(F)(F)F)CCNC2)c1. The van der Waals surface area contributed by atoms with Crippen molar-refractivity contribution in [2.45, 2.75) is 26.4 Å². The minimum Gasteiger partial charge on any atom is -0.325 e. The molecule has 1 saturated heterocycles. The van der Waals surface area contributed by atoms with Gasteiger partial charge < -0.3 is 10.6 Å². The van der Waals surface area contributed by atoms with Gasteiger partial charge in [0.25, 0.3) is 0 Å². The van der Waals surface area contributed by atoms with E-state index in [9.17, 15) is 18.0 Å². The van der Waals surface area contributed by atoms with E-state index in [4.69, 9.17) is 0 Å². The van der Waals surface area contributed by atoms with E-state index in [0.29, 0.717) is 5.69 Å². The van der Waals surface area contributed by atoms with Crippen molar-refractivity contribution in [3.05, 3.63) is 29.3 Å². The highest BCUT2D eigenvalue weighted by molar-refractivity contribution is 5.96. The first kappa shape index (κ1) is 14.8. The molecule has 1 aromatic rings. The normalized spacial score (nSPS) is 22.9. The van der Waals surface area contributed by atoms with Gasteiger partial charge in [-0.2, -0.15) is 13.2 Å². The van der Waals surface area contributed by atoms with Crippen molar-refractivity contribution in [3.63, 3.8) is 0 Å². The molecule has 1 atom stereocenters. The smallest absolute Gasteiger partial charge is 0.325 e. The molecule has 1 unspecified atom stereocenters. The number of hydrogen-bond donors (Lipinski definition) is 2. The van der Waals surface area contributed by atoms with E-state index in [1.54, 1.807) is 12.1 Å². The summed E-state index contributed by atoms with van der Waals surface area (Å²) < 4.78 is 39.7. The number of anilines is 1. The van der Waals surface area contributed by atoms with Crippen LogP contribution in [0.4, 0.5) is 18.9 Å². The molecule has 0 bridgehead atoms. The number of carbonyl (C=O) groups excluding carboxylic acids is 1. The summed E-state index contributed by atoms with van der Waals surface area (Å²) >= 11 is 0. The predicted octanol–water partition coefficient (Wildman–Crippen LogP) is 2.78. The van der Waals surface area contributed by atoms with Crippen LogP contribution in [0.25, 0.3) is 0 Å².